The number of aryl methyl sites for hydroxylation is 1. The number of hydrogen-bond acceptors (Lipinski definition) is 4. The molecule has 4 nitrogen and oxygen atoms in total. The average molecular weight is 460 g/mol. The maximum absolute atomic E-state index is 14.3. The lowest BCUT2D eigenvalue weighted by molar-refractivity contribution is -0.136. The summed E-state index contributed by atoms with van der Waals surface area (Å²) in [5.41, 5.74) is 0.790. The predicted octanol–water partition coefficient (Wildman–Crippen LogP) is 5.95. The zero-order valence-corrected chi connectivity index (χ0v) is 16.8. The van der Waals surface area contributed by atoms with Crippen LogP contribution in [0.4, 0.5) is 17.6 Å². The molecule has 1 aromatic heterocycles. The van der Waals surface area contributed by atoms with Gasteiger partial charge >= 0.3 is 5.97 Å². The van der Waals surface area contributed by atoms with Crippen molar-refractivity contribution in [2.45, 2.75) is 26.1 Å². The number of carboxylic acids is 1. The smallest absolute Gasteiger partial charge is 0.303 e. The number of nitrogens with zero attached hydrogens (tertiary/aromatic N) is 1. The lowest BCUT2D eigenvalue weighted by atomic mass is 10.1. The Hall–Kier alpha value is -2.65. The fraction of sp³-hybridized carbons (Fsp3) is 0.200. The van der Waals surface area contributed by atoms with Gasteiger partial charge in [0.05, 0.1) is 15.6 Å². The van der Waals surface area contributed by atoms with Crippen molar-refractivity contribution >= 4 is 29.1 Å². The van der Waals surface area contributed by atoms with Gasteiger partial charge in [0.25, 0.3) is 0 Å². The van der Waals surface area contributed by atoms with E-state index in [2.05, 4.69) is 4.37 Å². The van der Waals surface area contributed by atoms with Crippen molar-refractivity contribution in [2.24, 2.45) is 0 Å². The standard InChI is InChI=1S/C20H14ClF4NO3S/c21-13-3-2-11(7-14(13)23)20-12(17(8-22)26-30-20)9-29-19-15(24)5-10(6-16(19)25)1-4-18(27)28/h2-3,5-7H,1,4,8-9H2,(H,27,28). The molecule has 3 aromatic rings. The molecule has 0 atom stereocenters. The number of benzene rings is 2. The second-order valence-electron chi connectivity index (χ2n) is 6.27. The summed E-state index contributed by atoms with van der Waals surface area (Å²) >= 11 is 6.58. The Balaban J connectivity index is 1.86. The third-order valence-corrected chi connectivity index (χ3v) is 5.51. The molecule has 2 aromatic carbocycles. The Bertz CT molecular complexity index is 1070. The van der Waals surface area contributed by atoms with Crippen LogP contribution in [0.3, 0.4) is 0 Å². The molecule has 0 spiro atoms. The molecule has 10 heteroatoms. The second-order valence-corrected chi connectivity index (χ2v) is 7.45. The molecule has 0 radical (unpaired) electrons. The van der Waals surface area contributed by atoms with E-state index in [9.17, 15) is 22.4 Å². The summed E-state index contributed by atoms with van der Waals surface area (Å²) in [4.78, 5) is 11.0. The van der Waals surface area contributed by atoms with E-state index >= 15 is 0 Å². The van der Waals surface area contributed by atoms with Gasteiger partial charge < -0.3 is 9.84 Å². The van der Waals surface area contributed by atoms with E-state index in [4.69, 9.17) is 21.4 Å². The Morgan fingerprint density at radius 2 is 1.83 bits per heavy atom. The molecule has 0 amide bonds. The Morgan fingerprint density at radius 1 is 1.13 bits per heavy atom. The minimum absolute atomic E-state index is 0.0178. The van der Waals surface area contributed by atoms with Crippen LogP contribution in [0.2, 0.25) is 5.02 Å². The fourth-order valence-electron chi connectivity index (χ4n) is 2.75. The average Bonchev–Trinajstić information content (AvgIpc) is 3.10. The quantitative estimate of drug-likeness (QED) is 0.423. The highest BCUT2D eigenvalue weighted by molar-refractivity contribution is 7.09. The lowest BCUT2D eigenvalue weighted by Gasteiger charge is -2.11. The topological polar surface area (TPSA) is 59.4 Å². The van der Waals surface area contributed by atoms with Crippen molar-refractivity contribution in [2.75, 3.05) is 0 Å². The SMILES string of the molecule is O=C(O)CCc1cc(F)c(OCc2c(CF)nsc2-c2ccc(Cl)c(F)c2)c(F)c1. The Labute approximate surface area is 177 Å². The monoisotopic (exact) mass is 459 g/mol. The van der Waals surface area contributed by atoms with Crippen molar-refractivity contribution in [1.82, 2.24) is 4.37 Å². The van der Waals surface area contributed by atoms with Gasteiger partial charge in [0.1, 0.15) is 19.1 Å². The molecule has 158 valence electrons. The van der Waals surface area contributed by atoms with Gasteiger partial charge in [0.15, 0.2) is 17.4 Å². The molecule has 30 heavy (non-hydrogen) atoms. The van der Waals surface area contributed by atoms with Crippen LogP contribution in [0.5, 0.6) is 5.75 Å². The van der Waals surface area contributed by atoms with Gasteiger partial charge in [-0.25, -0.2) is 17.6 Å². The molecule has 1 N–H and O–H groups in total. The van der Waals surface area contributed by atoms with Crippen molar-refractivity contribution in [1.29, 1.82) is 0 Å². The van der Waals surface area contributed by atoms with Crippen molar-refractivity contribution < 1.29 is 32.2 Å². The highest BCUT2D eigenvalue weighted by Crippen LogP contribution is 2.34. The van der Waals surface area contributed by atoms with E-state index in [-0.39, 0.29) is 34.7 Å². The minimum atomic E-state index is -1.09. The molecule has 0 unspecified atom stereocenters. The summed E-state index contributed by atoms with van der Waals surface area (Å²) in [5, 5.41) is 8.60. The molecule has 0 fully saturated rings. The number of aliphatic carboxylic acids is 1. The highest BCUT2D eigenvalue weighted by atomic mass is 35.5. The summed E-state index contributed by atoms with van der Waals surface area (Å²) in [6, 6.07) is 5.97. The molecule has 0 aliphatic carbocycles. The molecule has 0 saturated carbocycles. The van der Waals surface area contributed by atoms with Gasteiger partial charge in [-0.2, -0.15) is 4.37 Å². The maximum atomic E-state index is 14.3. The van der Waals surface area contributed by atoms with Crippen molar-refractivity contribution in [3.8, 4) is 16.2 Å². The number of ether oxygens (including phenoxy) is 1. The highest BCUT2D eigenvalue weighted by Gasteiger charge is 2.20. The molecule has 1 heterocycles. The van der Waals surface area contributed by atoms with Gasteiger partial charge in [-0.05, 0) is 53.3 Å². The predicted molar refractivity (Wildman–Crippen MR) is 104 cm³/mol. The van der Waals surface area contributed by atoms with E-state index in [1.807, 2.05) is 0 Å². The number of halogens is 5. The summed E-state index contributed by atoms with van der Waals surface area (Å²) < 4.78 is 65.0. The van der Waals surface area contributed by atoms with Crippen LogP contribution in [-0.4, -0.2) is 15.4 Å². The maximum Gasteiger partial charge on any atom is 0.303 e. The second kappa shape index (κ2) is 9.44. The van der Waals surface area contributed by atoms with E-state index < -0.39 is 42.5 Å². The largest absolute Gasteiger partial charge is 0.483 e. The summed E-state index contributed by atoms with van der Waals surface area (Å²) in [6.45, 7) is -1.35. The van der Waals surface area contributed by atoms with Crippen LogP contribution in [-0.2, 0) is 24.5 Å². The van der Waals surface area contributed by atoms with Gasteiger partial charge in [0, 0.05) is 12.0 Å². The molecule has 0 bridgehead atoms. The number of carboxylic acid groups (broad SMARTS) is 1. The van der Waals surface area contributed by atoms with Gasteiger partial charge in [-0.15, -0.1) is 0 Å². The zero-order chi connectivity index (χ0) is 21.8. The molecule has 0 saturated heterocycles. The van der Waals surface area contributed by atoms with E-state index in [1.165, 1.54) is 12.1 Å². The number of aromatic nitrogens is 1. The van der Waals surface area contributed by atoms with E-state index in [0.717, 1.165) is 29.7 Å². The van der Waals surface area contributed by atoms with Crippen LogP contribution in [0.25, 0.3) is 10.4 Å². The van der Waals surface area contributed by atoms with E-state index in [1.54, 1.807) is 0 Å². The van der Waals surface area contributed by atoms with E-state index in [0.29, 0.717) is 10.4 Å². The van der Waals surface area contributed by atoms with Gasteiger partial charge in [0.2, 0.25) is 0 Å². The number of hydrogen-bond donors (Lipinski definition) is 1. The van der Waals surface area contributed by atoms with Gasteiger partial charge in [-0.3, -0.25) is 4.79 Å². The fourth-order valence-corrected chi connectivity index (χ4v) is 3.75. The van der Waals surface area contributed by atoms with Crippen LogP contribution < -0.4 is 4.74 Å². The first-order valence-corrected chi connectivity index (χ1v) is 9.76. The number of rotatable bonds is 8. The van der Waals surface area contributed by atoms with Crippen LogP contribution in [0.1, 0.15) is 23.2 Å². The zero-order valence-electron chi connectivity index (χ0n) is 15.2. The molecule has 3 rings (SSSR count). The number of carbonyl (C=O) groups is 1. The van der Waals surface area contributed by atoms with Crippen LogP contribution in [0.15, 0.2) is 30.3 Å². The molecule has 0 aliphatic rings. The Morgan fingerprint density at radius 3 is 2.43 bits per heavy atom. The number of alkyl halides is 1. The van der Waals surface area contributed by atoms with Crippen molar-refractivity contribution in [3.63, 3.8) is 0 Å². The summed E-state index contributed by atoms with van der Waals surface area (Å²) in [7, 11) is 0. The third kappa shape index (κ3) is 4.91. The van der Waals surface area contributed by atoms with Crippen LogP contribution >= 0.6 is 23.1 Å². The van der Waals surface area contributed by atoms with Gasteiger partial charge in [-0.1, -0.05) is 17.7 Å². The Kier molecular flexibility index (Phi) is 6.94. The first-order valence-electron chi connectivity index (χ1n) is 8.61. The first kappa shape index (κ1) is 22.0. The summed E-state index contributed by atoms with van der Waals surface area (Å²) in [5.74, 6) is -4.48. The normalized spacial score (nSPS) is 11.0. The lowest BCUT2D eigenvalue weighted by Crippen LogP contribution is -2.04. The van der Waals surface area contributed by atoms with Crippen LogP contribution in [0, 0.1) is 17.5 Å². The summed E-state index contributed by atoms with van der Waals surface area (Å²) in [6.07, 6.45) is -0.323. The minimum Gasteiger partial charge on any atom is -0.483 e. The molecule has 0 aliphatic heterocycles. The van der Waals surface area contributed by atoms with Crippen molar-refractivity contribution in [3.05, 3.63) is 69.6 Å². The molecular formula is C20H14ClF4NO3S. The first-order chi connectivity index (χ1) is 14.3. The molecular weight excluding hydrogens is 446 g/mol. The third-order valence-electron chi connectivity index (χ3n) is 4.22.